The van der Waals surface area contributed by atoms with Crippen molar-refractivity contribution in [3.63, 3.8) is 0 Å². The Kier molecular flexibility index (Phi) is 5.89. The van der Waals surface area contributed by atoms with Gasteiger partial charge in [0.15, 0.2) is 0 Å². The molecule has 4 heteroatoms. The van der Waals surface area contributed by atoms with Gasteiger partial charge in [0, 0.05) is 18.7 Å². The van der Waals surface area contributed by atoms with Gasteiger partial charge in [-0.2, -0.15) is 0 Å². The maximum absolute atomic E-state index is 12.1. The zero-order chi connectivity index (χ0) is 13.5. The molecule has 1 amide bonds. The summed E-state index contributed by atoms with van der Waals surface area (Å²) in [6.45, 7) is 7.28. The van der Waals surface area contributed by atoms with Gasteiger partial charge in [-0.15, -0.1) is 0 Å². The van der Waals surface area contributed by atoms with Crippen molar-refractivity contribution < 1.29 is 14.3 Å². The monoisotopic (exact) mass is 253 g/mol. The molecule has 18 heavy (non-hydrogen) atoms. The minimum Gasteiger partial charge on any atom is -0.466 e. The number of ether oxygens (including phenoxy) is 1. The molecule has 0 bridgehead atoms. The van der Waals surface area contributed by atoms with E-state index in [1.165, 1.54) is 0 Å². The third-order valence-corrected chi connectivity index (χ3v) is 3.18. The first-order chi connectivity index (χ1) is 8.60. The molecule has 0 aromatic carbocycles. The normalized spacial score (nSPS) is 20.7. The van der Waals surface area contributed by atoms with E-state index in [0.717, 1.165) is 31.4 Å². The molecule has 0 N–H and O–H groups in total. The lowest BCUT2D eigenvalue weighted by Gasteiger charge is -2.31. The number of hydrogen-bond acceptors (Lipinski definition) is 3. The fourth-order valence-electron chi connectivity index (χ4n) is 2.26. The molecule has 0 aliphatic carbocycles. The van der Waals surface area contributed by atoms with E-state index in [0.29, 0.717) is 13.2 Å². The molecular weight excluding hydrogens is 230 g/mol. The van der Waals surface area contributed by atoms with Crippen molar-refractivity contribution in [3.05, 3.63) is 11.6 Å². The highest BCUT2D eigenvalue weighted by Crippen LogP contribution is 2.19. The summed E-state index contributed by atoms with van der Waals surface area (Å²) in [4.78, 5) is 25.6. The number of piperidine rings is 1. The van der Waals surface area contributed by atoms with Crippen LogP contribution < -0.4 is 0 Å². The number of hydrogen-bond donors (Lipinski definition) is 0. The highest BCUT2D eigenvalue weighted by molar-refractivity contribution is 5.93. The lowest BCUT2D eigenvalue weighted by molar-refractivity contribution is -0.150. The minimum absolute atomic E-state index is 0.0471. The molecule has 0 spiro atoms. The van der Waals surface area contributed by atoms with E-state index in [9.17, 15) is 9.59 Å². The van der Waals surface area contributed by atoms with Crippen molar-refractivity contribution in [2.45, 2.75) is 40.0 Å². The lowest BCUT2D eigenvalue weighted by Crippen LogP contribution is -2.43. The average molecular weight is 253 g/mol. The summed E-state index contributed by atoms with van der Waals surface area (Å²) < 4.78 is 5.03. The minimum atomic E-state index is -0.174. The Labute approximate surface area is 109 Å². The van der Waals surface area contributed by atoms with Crippen molar-refractivity contribution in [3.8, 4) is 0 Å². The number of likely N-dealkylation sites (tertiary alicyclic amines) is 1. The van der Waals surface area contributed by atoms with Gasteiger partial charge < -0.3 is 9.64 Å². The van der Waals surface area contributed by atoms with Crippen LogP contribution in [0.3, 0.4) is 0 Å². The Bertz CT molecular complexity index is 336. The SMILES string of the molecule is CC/C=C(/C)C(=O)N1CCC[C@H](C(=O)OCC)C1. The summed E-state index contributed by atoms with van der Waals surface area (Å²) >= 11 is 0. The van der Waals surface area contributed by atoms with Crippen molar-refractivity contribution in [2.75, 3.05) is 19.7 Å². The summed E-state index contributed by atoms with van der Waals surface area (Å²) in [6.07, 6.45) is 4.47. The molecule has 1 heterocycles. The van der Waals surface area contributed by atoms with Gasteiger partial charge >= 0.3 is 5.97 Å². The number of esters is 1. The van der Waals surface area contributed by atoms with E-state index in [2.05, 4.69) is 0 Å². The Morgan fingerprint density at radius 2 is 2.11 bits per heavy atom. The first-order valence-corrected chi connectivity index (χ1v) is 6.72. The smallest absolute Gasteiger partial charge is 0.310 e. The molecular formula is C14H23NO3. The van der Waals surface area contributed by atoms with Crippen molar-refractivity contribution in [2.24, 2.45) is 5.92 Å². The van der Waals surface area contributed by atoms with Crippen LogP contribution in [0.4, 0.5) is 0 Å². The second-order valence-corrected chi connectivity index (χ2v) is 4.64. The fourth-order valence-corrected chi connectivity index (χ4v) is 2.26. The van der Waals surface area contributed by atoms with Gasteiger partial charge in [0.2, 0.25) is 5.91 Å². The van der Waals surface area contributed by atoms with Crippen molar-refractivity contribution in [1.29, 1.82) is 0 Å². The predicted octanol–water partition coefficient (Wildman–Crippen LogP) is 2.14. The molecule has 102 valence electrons. The molecule has 1 aliphatic heterocycles. The fraction of sp³-hybridized carbons (Fsp3) is 0.714. The third kappa shape index (κ3) is 3.86. The van der Waals surface area contributed by atoms with Gasteiger partial charge in [0.05, 0.1) is 12.5 Å². The van der Waals surface area contributed by atoms with Crippen LogP contribution in [0.25, 0.3) is 0 Å². The summed E-state index contributed by atoms with van der Waals surface area (Å²) in [6, 6.07) is 0. The Hall–Kier alpha value is -1.32. The molecule has 1 aliphatic rings. The van der Waals surface area contributed by atoms with E-state index in [4.69, 9.17) is 4.74 Å². The first kappa shape index (κ1) is 14.7. The quantitative estimate of drug-likeness (QED) is 0.569. The topological polar surface area (TPSA) is 46.6 Å². The molecule has 1 fully saturated rings. The largest absolute Gasteiger partial charge is 0.466 e. The summed E-state index contributed by atoms with van der Waals surface area (Å²) in [5, 5.41) is 0. The van der Waals surface area contributed by atoms with Crippen LogP contribution in [0.5, 0.6) is 0 Å². The number of amides is 1. The van der Waals surface area contributed by atoms with Crippen molar-refractivity contribution >= 4 is 11.9 Å². The van der Waals surface area contributed by atoms with Crippen LogP contribution in [0, 0.1) is 5.92 Å². The highest BCUT2D eigenvalue weighted by Gasteiger charge is 2.29. The van der Waals surface area contributed by atoms with Gasteiger partial charge in [-0.3, -0.25) is 9.59 Å². The molecule has 0 aromatic heterocycles. The van der Waals surface area contributed by atoms with E-state index in [1.54, 1.807) is 11.8 Å². The summed E-state index contributed by atoms with van der Waals surface area (Å²) in [7, 11) is 0. The second-order valence-electron chi connectivity index (χ2n) is 4.64. The van der Waals surface area contributed by atoms with Gasteiger partial charge in [0.1, 0.15) is 0 Å². The Morgan fingerprint density at radius 3 is 2.72 bits per heavy atom. The molecule has 0 saturated carbocycles. The Balaban J connectivity index is 2.61. The standard InChI is InChI=1S/C14H23NO3/c1-4-7-11(3)13(16)15-9-6-8-12(10-15)14(17)18-5-2/h7,12H,4-6,8-10H2,1-3H3/b11-7-/t12-/m0/s1. The zero-order valence-corrected chi connectivity index (χ0v) is 11.6. The van der Waals surface area contributed by atoms with Gasteiger partial charge in [-0.05, 0) is 33.1 Å². The van der Waals surface area contributed by atoms with Gasteiger partial charge in [-0.25, -0.2) is 0 Å². The number of allylic oxidation sites excluding steroid dienone is 1. The Morgan fingerprint density at radius 1 is 1.39 bits per heavy atom. The van der Waals surface area contributed by atoms with Crippen LogP contribution in [-0.4, -0.2) is 36.5 Å². The van der Waals surface area contributed by atoms with Crippen LogP contribution >= 0.6 is 0 Å². The predicted molar refractivity (Wildman–Crippen MR) is 70.0 cm³/mol. The number of carbonyl (C=O) groups is 2. The molecule has 4 nitrogen and oxygen atoms in total. The van der Waals surface area contributed by atoms with Gasteiger partial charge in [-0.1, -0.05) is 13.0 Å². The van der Waals surface area contributed by atoms with E-state index < -0.39 is 0 Å². The maximum Gasteiger partial charge on any atom is 0.310 e. The molecule has 0 aromatic rings. The highest BCUT2D eigenvalue weighted by atomic mass is 16.5. The van der Waals surface area contributed by atoms with Crippen LogP contribution in [0.2, 0.25) is 0 Å². The van der Waals surface area contributed by atoms with E-state index in [-0.39, 0.29) is 17.8 Å². The van der Waals surface area contributed by atoms with E-state index in [1.807, 2.05) is 19.9 Å². The second kappa shape index (κ2) is 7.19. The third-order valence-electron chi connectivity index (χ3n) is 3.18. The van der Waals surface area contributed by atoms with Crippen LogP contribution in [0.1, 0.15) is 40.0 Å². The maximum atomic E-state index is 12.1. The summed E-state index contributed by atoms with van der Waals surface area (Å²) in [5.41, 5.74) is 0.766. The zero-order valence-electron chi connectivity index (χ0n) is 11.6. The number of carbonyl (C=O) groups excluding carboxylic acids is 2. The number of rotatable bonds is 4. The van der Waals surface area contributed by atoms with Crippen LogP contribution in [0.15, 0.2) is 11.6 Å². The van der Waals surface area contributed by atoms with Crippen LogP contribution in [-0.2, 0) is 14.3 Å². The first-order valence-electron chi connectivity index (χ1n) is 6.72. The molecule has 0 radical (unpaired) electrons. The van der Waals surface area contributed by atoms with E-state index >= 15 is 0 Å². The van der Waals surface area contributed by atoms with Gasteiger partial charge in [0.25, 0.3) is 0 Å². The van der Waals surface area contributed by atoms with Crippen molar-refractivity contribution in [1.82, 2.24) is 4.90 Å². The summed E-state index contributed by atoms with van der Waals surface area (Å²) in [5.74, 6) is -0.282. The molecule has 1 atom stereocenters. The molecule has 0 unspecified atom stereocenters. The average Bonchev–Trinajstić information content (AvgIpc) is 2.38. The lowest BCUT2D eigenvalue weighted by atomic mass is 9.97. The molecule has 1 saturated heterocycles. The number of nitrogens with zero attached hydrogens (tertiary/aromatic N) is 1. The molecule has 1 rings (SSSR count).